The van der Waals surface area contributed by atoms with Crippen molar-refractivity contribution >= 4 is 17.5 Å². The van der Waals surface area contributed by atoms with E-state index >= 15 is 0 Å². The second kappa shape index (κ2) is 5.29. The van der Waals surface area contributed by atoms with Gasteiger partial charge in [-0.3, -0.25) is 4.79 Å². The number of amides is 1. The Balaban J connectivity index is 1.85. The van der Waals surface area contributed by atoms with Crippen LogP contribution in [0.25, 0.3) is 0 Å². The number of halogens is 1. The molecule has 4 heteroatoms. The molecule has 1 aromatic rings. The van der Waals surface area contributed by atoms with Crippen molar-refractivity contribution in [2.45, 2.75) is 38.8 Å². The average Bonchev–Trinajstić information content (AvgIpc) is 2.72. The van der Waals surface area contributed by atoms with Crippen molar-refractivity contribution in [1.29, 1.82) is 0 Å². The number of nitrogens with two attached hydrogens (primary N) is 1. The largest absolute Gasteiger partial charge is 0.369 e. The normalized spacial score (nSPS) is 27.3. The standard InChI is InChI=1S/C14H19ClN2O/c1-14(13(16)18)7-6-12(8-14)17-9-10-2-4-11(15)5-3-10/h2-5,12,17H,6-9H2,1H3,(H2,16,18)/t12-,14?/m1/s1. The fourth-order valence-corrected chi connectivity index (χ4v) is 2.63. The van der Waals surface area contributed by atoms with E-state index in [0.717, 1.165) is 30.8 Å². The lowest BCUT2D eigenvalue weighted by atomic mass is 9.88. The summed E-state index contributed by atoms with van der Waals surface area (Å²) in [5.74, 6) is -0.182. The molecule has 0 bridgehead atoms. The van der Waals surface area contributed by atoms with Crippen LogP contribution in [0.2, 0.25) is 5.02 Å². The summed E-state index contributed by atoms with van der Waals surface area (Å²) in [6.45, 7) is 2.76. The van der Waals surface area contributed by atoms with Gasteiger partial charge in [0, 0.05) is 23.0 Å². The first-order chi connectivity index (χ1) is 8.49. The van der Waals surface area contributed by atoms with Crippen LogP contribution in [-0.2, 0) is 11.3 Å². The van der Waals surface area contributed by atoms with Crippen molar-refractivity contribution in [3.63, 3.8) is 0 Å². The number of hydrogen-bond donors (Lipinski definition) is 2. The zero-order valence-corrected chi connectivity index (χ0v) is 11.3. The maximum atomic E-state index is 11.4. The molecular weight excluding hydrogens is 248 g/mol. The maximum Gasteiger partial charge on any atom is 0.223 e. The van der Waals surface area contributed by atoms with Crippen LogP contribution in [-0.4, -0.2) is 11.9 Å². The van der Waals surface area contributed by atoms with Gasteiger partial charge in [0.25, 0.3) is 0 Å². The van der Waals surface area contributed by atoms with Crippen LogP contribution in [0.5, 0.6) is 0 Å². The summed E-state index contributed by atoms with van der Waals surface area (Å²) in [5.41, 5.74) is 6.30. The summed E-state index contributed by atoms with van der Waals surface area (Å²) >= 11 is 5.84. The van der Waals surface area contributed by atoms with Crippen LogP contribution in [0, 0.1) is 5.41 Å². The van der Waals surface area contributed by atoms with Crippen LogP contribution in [0.4, 0.5) is 0 Å². The van der Waals surface area contributed by atoms with Gasteiger partial charge in [0.2, 0.25) is 5.91 Å². The van der Waals surface area contributed by atoms with Gasteiger partial charge < -0.3 is 11.1 Å². The molecule has 18 heavy (non-hydrogen) atoms. The molecule has 0 saturated heterocycles. The summed E-state index contributed by atoms with van der Waals surface area (Å²) < 4.78 is 0. The Bertz CT molecular complexity index is 432. The average molecular weight is 267 g/mol. The number of primary amides is 1. The third-order valence-corrected chi connectivity index (χ3v) is 4.10. The predicted molar refractivity (Wildman–Crippen MR) is 73.2 cm³/mol. The van der Waals surface area contributed by atoms with Gasteiger partial charge in [0.1, 0.15) is 0 Å². The molecule has 0 radical (unpaired) electrons. The van der Waals surface area contributed by atoms with Crippen molar-refractivity contribution in [1.82, 2.24) is 5.32 Å². The second-order valence-corrected chi connectivity index (χ2v) is 5.81. The molecule has 0 aromatic heterocycles. The lowest BCUT2D eigenvalue weighted by Gasteiger charge is -2.19. The first-order valence-electron chi connectivity index (χ1n) is 6.27. The highest BCUT2D eigenvalue weighted by Gasteiger charge is 2.39. The number of nitrogens with one attached hydrogen (secondary N) is 1. The van der Waals surface area contributed by atoms with Crippen LogP contribution in [0.3, 0.4) is 0 Å². The van der Waals surface area contributed by atoms with Crippen LogP contribution in [0.1, 0.15) is 31.7 Å². The first kappa shape index (κ1) is 13.4. The van der Waals surface area contributed by atoms with Gasteiger partial charge in [-0.05, 0) is 37.0 Å². The topological polar surface area (TPSA) is 55.1 Å². The van der Waals surface area contributed by atoms with Gasteiger partial charge >= 0.3 is 0 Å². The first-order valence-corrected chi connectivity index (χ1v) is 6.65. The van der Waals surface area contributed by atoms with Crippen molar-refractivity contribution in [3.05, 3.63) is 34.9 Å². The van der Waals surface area contributed by atoms with Gasteiger partial charge in [-0.2, -0.15) is 0 Å². The fourth-order valence-electron chi connectivity index (χ4n) is 2.50. The molecule has 0 heterocycles. The summed E-state index contributed by atoms with van der Waals surface area (Å²) in [5, 5.41) is 4.23. The molecule has 1 unspecified atom stereocenters. The Morgan fingerprint density at radius 2 is 2.17 bits per heavy atom. The molecular formula is C14H19ClN2O. The van der Waals surface area contributed by atoms with Gasteiger partial charge in [0.15, 0.2) is 0 Å². The molecule has 1 aromatic carbocycles. The van der Waals surface area contributed by atoms with E-state index in [4.69, 9.17) is 17.3 Å². The minimum atomic E-state index is -0.336. The number of benzene rings is 1. The fraction of sp³-hybridized carbons (Fsp3) is 0.500. The van der Waals surface area contributed by atoms with E-state index in [1.165, 1.54) is 5.56 Å². The zero-order valence-electron chi connectivity index (χ0n) is 10.6. The zero-order chi connectivity index (χ0) is 13.2. The van der Waals surface area contributed by atoms with Crippen LogP contribution >= 0.6 is 11.6 Å². The van der Waals surface area contributed by atoms with E-state index in [2.05, 4.69) is 5.32 Å². The minimum absolute atomic E-state index is 0.182. The van der Waals surface area contributed by atoms with E-state index in [-0.39, 0.29) is 11.3 Å². The molecule has 1 saturated carbocycles. The molecule has 1 fully saturated rings. The van der Waals surface area contributed by atoms with E-state index in [9.17, 15) is 4.79 Å². The summed E-state index contributed by atoms with van der Waals surface area (Å²) in [4.78, 5) is 11.4. The van der Waals surface area contributed by atoms with Crippen molar-refractivity contribution < 1.29 is 4.79 Å². The summed E-state index contributed by atoms with van der Waals surface area (Å²) in [7, 11) is 0. The Hall–Kier alpha value is -1.06. The molecule has 1 aliphatic carbocycles. The van der Waals surface area contributed by atoms with Gasteiger partial charge in [0.05, 0.1) is 0 Å². The summed E-state index contributed by atoms with van der Waals surface area (Å²) in [6, 6.07) is 8.18. The van der Waals surface area contributed by atoms with Crippen LogP contribution < -0.4 is 11.1 Å². The molecule has 1 aliphatic rings. The van der Waals surface area contributed by atoms with Gasteiger partial charge in [-0.15, -0.1) is 0 Å². The van der Waals surface area contributed by atoms with Gasteiger partial charge in [-0.25, -0.2) is 0 Å². The Kier molecular flexibility index (Phi) is 3.93. The van der Waals surface area contributed by atoms with Crippen molar-refractivity contribution in [2.75, 3.05) is 0 Å². The van der Waals surface area contributed by atoms with E-state index < -0.39 is 0 Å². The molecule has 98 valence electrons. The number of carbonyl (C=O) groups is 1. The van der Waals surface area contributed by atoms with Crippen molar-refractivity contribution in [2.24, 2.45) is 11.1 Å². The third-order valence-electron chi connectivity index (χ3n) is 3.84. The number of hydrogen-bond acceptors (Lipinski definition) is 2. The molecule has 0 spiro atoms. The molecule has 2 rings (SSSR count). The molecule has 3 N–H and O–H groups in total. The Labute approximate surface area is 113 Å². The van der Waals surface area contributed by atoms with Gasteiger partial charge in [-0.1, -0.05) is 30.7 Å². The third kappa shape index (κ3) is 3.03. The van der Waals surface area contributed by atoms with E-state index in [0.29, 0.717) is 6.04 Å². The van der Waals surface area contributed by atoms with Crippen LogP contribution in [0.15, 0.2) is 24.3 Å². The monoisotopic (exact) mass is 266 g/mol. The Morgan fingerprint density at radius 1 is 1.50 bits per heavy atom. The lowest BCUT2D eigenvalue weighted by molar-refractivity contribution is -0.126. The minimum Gasteiger partial charge on any atom is -0.369 e. The highest BCUT2D eigenvalue weighted by molar-refractivity contribution is 6.30. The quantitative estimate of drug-likeness (QED) is 0.880. The molecule has 1 amide bonds. The van der Waals surface area contributed by atoms with E-state index in [1.807, 2.05) is 31.2 Å². The number of carbonyl (C=O) groups excluding carboxylic acids is 1. The SMILES string of the molecule is CC1(C(N)=O)CC[C@@H](NCc2ccc(Cl)cc2)C1. The lowest BCUT2D eigenvalue weighted by Crippen LogP contribution is -2.34. The second-order valence-electron chi connectivity index (χ2n) is 5.37. The van der Waals surface area contributed by atoms with E-state index in [1.54, 1.807) is 0 Å². The molecule has 2 atom stereocenters. The smallest absolute Gasteiger partial charge is 0.223 e. The predicted octanol–water partition coefficient (Wildman–Crippen LogP) is 2.47. The summed E-state index contributed by atoms with van der Waals surface area (Å²) in [6.07, 6.45) is 2.71. The molecule has 0 aliphatic heterocycles. The number of rotatable bonds is 4. The highest BCUT2D eigenvalue weighted by Crippen LogP contribution is 2.37. The maximum absolute atomic E-state index is 11.4. The Morgan fingerprint density at radius 3 is 2.72 bits per heavy atom. The van der Waals surface area contributed by atoms with Crippen molar-refractivity contribution in [3.8, 4) is 0 Å². The highest BCUT2D eigenvalue weighted by atomic mass is 35.5. The molecule has 3 nitrogen and oxygen atoms in total.